The average molecular weight is 407 g/mol. The van der Waals surface area contributed by atoms with Crippen LogP contribution in [-0.2, 0) is 21.5 Å². The second-order valence-electron chi connectivity index (χ2n) is 6.33. The second kappa shape index (κ2) is 8.78. The Morgan fingerprint density at radius 1 is 1.07 bits per heavy atom. The summed E-state index contributed by atoms with van der Waals surface area (Å²) in [5.74, 6) is -0.639. The molecular formula is C19H22FN3O4S. The van der Waals surface area contributed by atoms with Crippen LogP contribution in [-0.4, -0.2) is 51.4 Å². The van der Waals surface area contributed by atoms with Crippen molar-refractivity contribution in [2.75, 3.05) is 37.2 Å². The smallest absolute Gasteiger partial charge is 0.304 e. The molecule has 150 valence electrons. The largest absolute Gasteiger partial charge is 0.379 e. The predicted molar refractivity (Wildman–Crippen MR) is 104 cm³/mol. The van der Waals surface area contributed by atoms with Crippen molar-refractivity contribution in [3.05, 3.63) is 65.5 Å². The summed E-state index contributed by atoms with van der Waals surface area (Å²) in [5.41, 5.74) is 6.88. The van der Waals surface area contributed by atoms with E-state index in [-0.39, 0.29) is 32.0 Å². The Morgan fingerprint density at radius 2 is 1.68 bits per heavy atom. The minimum atomic E-state index is -3.84. The lowest BCUT2D eigenvalue weighted by atomic mass is 10.1. The number of morpholine rings is 1. The van der Waals surface area contributed by atoms with Gasteiger partial charge >= 0.3 is 10.2 Å². The number of benzene rings is 2. The van der Waals surface area contributed by atoms with Crippen LogP contribution in [0.25, 0.3) is 0 Å². The number of nitrogens with two attached hydrogens (primary N) is 1. The van der Waals surface area contributed by atoms with E-state index in [0.29, 0.717) is 30.0 Å². The van der Waals surface area contributed by atoms with Gasteiger partial charge in [-0.25, -0.2) is 4.39 Å². The van der Waals surface area contributed by atoms with Crippen LogP contribution in [0.1, 0.15) is 15.9 Å². The number of halogens is 1. The predicted octanol–water partition coefficient (Wildman–Crippen LogP) is 1.55. The second-order valence-corrected chi connectivity index (χ2v) is 8.18. The summed E-state index contributed by atoms with van der Waals surface area (Å²) in [5, 5.41) is 0. The van der Waals surface area contributed by atoms with Crippen LogP contribution in [0.15, 0.2) is 48.5 Å². The maximum absolute atomic E-state index is 13.3. The Balaban J connectivity index is 1.92. The first kappa shape index (κ1) is 20.4. The van der Waals surface area contributed by atoms with Crippen molar-refractivity contribution in [3.63, 3.8) is 0 Å². The Kier molecular flexibility index (Phi) is 6.40. The zero-order chi connectivity index (χ0) is 20.1. The molecular weight excluding hydrogens is 385 g/mol. The molecule has 7 nitrogen and oxygen atoms in total. The molecule has 0 spiro atoms. The molecule has 1 aliphatic heterocycles. The van der Waals surface area contributed by atoms with Crippen molar-refractivity contribution < 1.29 is 22.3 Å². The minimum absolute atomic E-state index is 0.0441. The number of ketones is 1. The van der Waals surface area contributed by atoms with Crippen LogP contribution in [0.5, 0.6) is 0 Å². The highest BCUT2D eigenvalue weighted by molar-refractivity contribution is 7.90. The summed E-state index contributed by atoms with van der Waals surface area (Å²) >= 11 is 0. The molecule has 9 heteroatoms. The first-order chi connectivity index (χ1) is 13.4. The van der Waals surface area contributed by atoms with E-state index >= 15 is 0 Å². The number of hydrogen-bond acceptors (Lipinski definition) is 5. The molecule has 2 aromatic carbocycles. The van der Waals surface area contributed by atoms with Gasteiger partial charge in [0.25, 0.3) is 0 Å². The lowest BCUT2D eigenvalue weighted by Gasteiger charge is -2.33. The third-order valence-electron chi connectivity index (χ3n) is 4.48. The number of nitrogens with zero attached hydrogens (tertiary/aromatic N) is 2. The van der Waals surface area contributed by atoms with Gasteiger partial charge in [0, 0.05) is 18.7 Å². The summed E-state index contributed by atoms with van der Waals surface area (Å²) in [6, 6.07) is 11.9. The molecule has 1 saturated heterocycles. The van der Waals surface area contributed by atoms with Gasteiger partial charge in [-0.3, -0.25) is 9.10 Å². The lowest BCUT2D eigenvalue weighted by Crippen LogP contribution is -2.48. The van der Waals surface area contributed by atoms with Gasteiger partial charge in [0.1, 0.15) is 5.82 Å². The number of rotatable bonds is 7. The number of ether oxygens (including phenoxy) is 1. The molecule has 0 aliphatic carbocycles. The van der Waals surface area contributed by atoms with Gasteiger partial charge in [-0.2, -0.15) is 12.7 Å². The van der Waals surface area contributed by atoms with E-state index in [1.165, 1.54) is 32.9 Å². The van der Waals surface area contributed by atoms with E-state index < -0.39 is 16.0 Å². The van der Waals surface area contributed by atoms with Gasteiger partial charge in [-0.15, -0.1) is 0 Å². The Hall–Kier alpha value is -2.33. The van der Waals surface area contributed by atoms with Crippen LogP contribution in [0.4, 0.5) is 10.1 Å². The topological polar surface area (TPSA) is 92.9 Å². The number of anilines is 1. The van der Waals surface area contributed by atoms with Gasteiger partial charge in [0.05, 0.1) is 32.0 Å². The zero-order valence-corrected chi connectivity index (χ0v) is 16.1. The molecule has 0 unspecified atom stereocenters. The summed E-state index contributed by atoms with van der Waals surface area (Å²) in [6.45, 7) is 1.11. The Bertz CT molecular complexity index is 911. The fourth-order valence-corrected chi connectivity index (χ4v) is 4.50. The molecule has 0 radical (unpaired) electrons. The molecule has 0 atom stereocenters. The van der Waals surface area contributed by atoms with Gasteiger partial charge in [-0.1, -0.05) is 24.3 Å². The van der Waals surface area contributed by atoms with Crippen molar-refractivity contribution in [1.29, 1.82) is 0 Å². The molecule has 3 rings (SSSR count). The third-order valence-corrected chi connectivity index (χ3v) is 6.39. The fourth-order valence-electron chi connectivity index (χ4n) is 2.91. The van der Waals surface area contributed by atoms with Crippen LogP contribution in [0, 0.1) is 5.82 Å². The van der Waals surface area contributed by atoms with E-state index in [1.54, 1.807) is 24.3 Å². The first-order valence-corrected chi connectivity index (χ1v) is 10.2. The van der Waals surface area contributed by atoms with E-state index in [0.717, 1.165) is 0 Å². The third kappa shape index (κ3) is 4.56. The maximum Gasteiger partial charge on any atom is 0.304 e. The van der Waals surface area contributed by atoms with Crippen molar-refractivity contribution in [2.45, 2.75) is 6.54 Å². The fraction of sp³-hybridized carbons (Fsp3) is 0.316. The standard InChI is InChI=1S/C19H22FN3O4S/c20-17-5-7-18(8-6-17)23(28(25,26)22-9-11-27-12-10-22)14-15-1-3-16(4-2-15)19(24)13-21/h1-8H,9-14,21H2. The van der Waals surface area contributed by atoms with Gasteiger partial charge in [0.2, 0.25) is 0 Å². The molecule has 1 fully saturated rings. The molecule has 0 aromatic heterocycles. The van der Waals surface area contributed by atoms with E-state index in [1.807, 2.05) is 0 Å². The monoisotopic (exact) mass is 407 g/mol. The maximum atomic E-state index is 13.3. The highest BCUT2D eigenvalue weighted by Crippen LogP contribution is 2.24. The quantitative estimate of drug-likeness (QED) is 0.703. The van der Waals surface area contributed by atoms with Crippen molar-refractivity contribution in [1.82, 2.24) is 4.31 Å². The lowest BCUT2D eigenvalue weighted by molar-refractivity contribution is 0.0729. The molecule has 2 aromatic rings. The SMILES string of the molecule is NCC(=O)c1ccc(CN(c2ccc(F)cc2)S(=O)(=O)N2CCOCC2)cc1. The van der Waals surface area contributed by atoms with Gasteiger partial charge in [-0.05, 0) is 29.8 Å². The zero-order valence-electron chi connectivity index (χ0n) is 15.3. The minimum Gasteiger partial charge on any atom is -0.379 e. The highest BCUT2D eigenvalue weighted by atomic mass is 32.2. The molecule has 2 N–H and O–H groups in total. The summed E-state index contributed by atoms with van der Waals surface area (Å²) in [7, 11) is -3.84. The van der Waals surface area contributed by atoms with Crippen molar-refractivity contribution in [3.8, 4) is 0 Å². The Morgan fingerprint density at radius 3 is 2.25 bits per heavy atom. The summed E-state index contributed by atoms with van der Waals surface area (Å²) < 4.78 is 47.6. The first-order valence-electron chi connectivity index (χ1n) is 8.85. The molecule has 1 aliphatic rings. The van der Waals surface area contributed by atoms with Gasteiger partial charge in [0.15, 0.2) is 5.78 Å². The molecule has 28 heavy (non-hydrogen) atoms. The van der Waals surface area contributed by atoms with Crippen LogP contribution in [0.3, 0.4) is 0 Å². The average Bonchev–Trinajstić information content (AvgIpc) is 2.73. The molecule has 1 heterocycles. The van der Waals surface area contributed by atoms with Crippen LogP contribution in [0.2, 0.25) is 0 Å². The molecule has 0 saturated carbocycles. The van der Waals surface area contributed by atoms with E-state index in [4.69, 9.17) is 10.5 Å². The normalized spacial score (nSPS) is 15.4. The molecule has 0 bridgehead atoms. The number of carbonyl (C=O) groups excluding carboxylic acids is 1. The van der Waals surface area contributed by atoms with E-state index in [9.17, 15) is 17.6 Å². The van der Waals surface area contributed by atoms with Gasteiger partial charge < -0.3 is 10.5 Å². The highest BCUT2D eigenvalue weighted by Gasteiger charge is 2.31. The van der Waals surface area contributed by atoms with Crippen LogP contribution >= 0.6 is 0 Å². The number of Topliss-reactive ketones (excluding diaryl/α,β-unsaturated/α-hetero) is 1. The summed E-state index contributed by atoms with van der Waals surface area (Å²) in [6.07, 6.45) is 0. The Labute approximate surface area is 163 Å². The van der Waals surface area contributed by atoms with Crippen LogP contribution < -0.4 is 10.0 Å². The molecule has 0 amide bonds. The van der Waals surface area contributed by atoms with E-state index in [2.05, 4.69) is 0 Å². The summed E-state index contributed by atoms with van der Waals surface area (Å²) in [4.78, 5) is 11.7. The van der Waals surface area contributed by atoms with Crippen molar-refractivity contribution >= 4 is 21.7 Å². The number of hydrogen-bond donors (Lipinski definition) is 1. The van der Waals surface area contributed by atoms with Crippen molar-refractivity contribution in [2.24, 2.45) is 5.73 Å². The number of carbonyl (C=O) groups is 1.